The molecule has 1 fully saturated rings. The maximum Gasteiger partial charge on any atom is 0.0458 e. The highest BCUT2D eigenvalue weighted by Gasteiger charge is 2.19. The van der Waals surface area contributed by atoms with E-state index < -0.39 is 0 Å². The van der Waals surface area contributed by atoms with Crippen molar-refractivity contribution in [1.29, 1.82) is 0 Å². The van der Waals surface area contributed by atoms with Crippen molar-refractivity contribution in [2.75, 3.05) is 19.6 Å². The van der Waals surface area contributed by atoms with Crippen LogP contribution in [0.3, 0.4) is 0 Å². The predicted molar refractivity (Wildman–Crippen MR) is 90.8 cm³/mol. The Labute approximate surface area is 128 Å². The topological polar surface area (TPSA) is 19.0 Å². The average Bonchev–Trinajstić information content (AvgIpc) is 2.91. The highest BCUT2D eigenvalue weighted by Crippen LogP contribution is 2.25. The van der Waals surface area contributed by atoms with Crippen LogP contribution in [-0.4, -0.2) is 29.5 Å². The minimum absolute atomic E-state index is 0.923. The van der Waals surface area contributed by atoms with Crippen molar-refractivity contribution in [3.05, 3.63) is 35.5 Å². The van der Waals surface area contributed by atoms with E-state index in [0.717, 1.165) is 12.3 Å². The van der Waals surface area contributed by atoms with E-state index in [-0.39, 0.29) is 0 Å². The molecule has 2 nitrogen and oxygen atoms in total. The van der Waals surface area contributed by atoms with Crippen LogP contribution < -0.4 is 0 Å². The van der Waals surface area contributed by atoms with Crippen molar-refractivity contribution in [3.8, 4) is 0 Å². The number of benzene rings is 1. The van der Waals surface area contributed by atoms with E-state index >= 15 is 0 Å². The molecule has 0 bridgehead atoms. The minimum atomic E-state index is 0.923. The number of para-hydroxylation sites is 1. The Balaban J connectivity index is 1.72. The van der Waals surface area contributed by atoms with Crippen LogP contribution in [-0.2, 0) is 12.8 Å². The van der Waals surface area contributed by atoms with E-state index in [4.69, 9.17) is 0 Å². The third-order valence-corrected chi connectivity index (χ3v) is 5.11. The van der Waals surface area contributed by atoms with Crippen molar-refractivity contribution in [3.63, 3.8) is 0 Å². The largest absolute Gasteiger partial charge is 0.358 e. The Morgan fingerprint density at radius 3 is 2.90 bits per heavy atom. The summed E-state index contributed by atoms with van der Waals surface area (Å²) in [7, 11) is 0. The third-order valence-electron chi connectivity index (χ3n) is 5.11. The quantitative estimate of drug-likeness (QED) is 0.862. The lowest BCUT2D eigenvalue weighted by molar-refractivity contribution is 0.173. The Kier molecular flexibility index (Phi) is 4.64. The van der Waals surface area contributed by atoms with Gasteiger partial charge in [-0.1, -0.05) is 38.5 Å². The first-order valence-corrected chi connectivity index (χ1v) is 8.62. The van der Waals surface area contributed by atoms with E-state index in [9.17, 15) is 0 Å². The molecule has 0 aliphatic carbocycles. The van der Waals surface area contributed by atoms with E-state index in [1.165, 1.54) is 61.9 Å². The number of nitrogens with zero attached hydrogens (tertiary/aromatic N) is 1. The molecular weight excluding hydrogens is 256 g/mol. The Bertz CT molecular complexity index is 584. The SMILES string of the molecule is CCc1[nH]c2ccccc2c1CCN1CCC[C@@H](CC)C1. The predicted octanol–water partition coefficient (Wildman–Crippen LogP) is 4.39. The second kappa shape index (κ2) is 6.65. The van der Waals surface area contributed by atoms with E-state index in [0.29, 0.717) is 0 Å². The summed E-state index contributed by atoms with van der Waals surface area (Å²) in [6.07, 6.45) is 6.43. The van der Waals surface area contributed by atoms with Gasteiger partial charge in [0.05, 0.1) is 0 Å². The molecule has 0 radical (unpaired) electrons. The van der Waals surface area contributed by atoms with Gasteiger partial charge in [-0.25, -0.2) is 0 Å². The molecule has 1 atom stereocenters. The molecule has 2 heteroatoms. The van der Waals surface area contributed by atoms with Crippen LogP contribution in [0.15, 0.2) is 24.3 Å². The van der Waals surface area contributed by atoms with Gasteiger partial charge >= 0.3 is 0 Å². The summed E-state index contributed by atoms with van der Waals surface area (Å²) in [5.74, 6) is 0.923. The van der Waals surface area contributed by atoms with Crippen LogP contribution in [0.25, 0.3) is 10.9 Å². The van der Waals surface area contributed by atoms with E-state index in [1.807, 2.05) is 0 Å². The number of likely N-dealkylation sites (tertiary alicyclic amines) is 1. The third kappa shape index (κ3) is 3.16. The van der Waals surface area contributed by atoms with Crippen LogP contribution in [0.1, 0.15) is 44.4 Å². The maximum atomic E-state index is 3.60. The molecule has 0 saturated carbocycles. The molecule has 0 amide bonds. The molecule has 0 spiro atoms. The van der Waals surface area contributed by atoms with Gasteiger partial charge < -0.3 is 9.88 Å². The number of hydrogen-bond donors (Lipinski definition) is 1. The van der Waals surface area contributed by atoms with E-state index in [2.05, 4.69) is 48.0 Å². The van der Waals surface area contributed by atoms with Crippen LogP contribution in [0, 0.1) is 5.92 Å². The normalized spacial score (nSPS) is 20.2. The molecule has 2 aromatic rings. The Morgan fingerprint density at radius 1 is 1.24 bits per heavy atom. The summed E-state index contributed by atoms with van der Waals surface area (Å²) in [5, 5.41) is 1.43. The first-order valence-electron chi connectivity index (χ1n) is 8.62. The van der Waals surface area contributed by atoms with Crippen LogP contribution in [0.4, 0.5) is 0 Å². The van der Waals surface area contributed by atoms with Crippen LogP contribution in [0.2, 0.25) is 0 Å². The zero-order valence-corrected chi connectivity index (χ0v) is 13.5. The first-order chi connectivity index (χ1) is 10.3. The van der Waals surface area contributed by atoms with Crippen molar-refractivity contribution in [2.45, 2.75) is 46.0 Å². The summed E-state index contributed by atoms with van der Waals surface area (Å²) in [6, 6.07) is 8.75. The number of rotatable bonds is 5. The molecule has 21 heavy (non-hydrogen) atoms. The molecule has 3 rings (SSSR count). The van der Waals surface area contributed by atoms with Gasteiger partial charge in [-0.15, -0.1) is 0 Å². The zero-order chi connectivity index (χ0) is 14.7. The smallest absolute Gasteiger partial charge is 0.0458 e. The molecule has 0 unspecified atom stereocenters. The van der Waals surface area contributed by atoms with Crippen molar-refractivity contribution in [2.24, 2.45) is 5.92 Å². The highest BCUT2D eigenvalue weighted by atomic mass is 15.1. The molecule has 1 aromatic carbocycles. The molecule has 1 N–H and O–H groups in total. The fourth-order valence-corrected chi connectivity index (χ4v) is 3.80. The van der Waals surface area contributed by atoms with Crippen molar-refractivity contribution < 1.29 is 0 Å². The molecule has 1 aliphatic rings. The lowest BCUT2D eigenvalue weighted by atomic mass is 9.95. The summed E-state index contributed by atoms with van der Waals surface area (Å²) >= 11 is 0. The van der Waals surface area contributed by atoms with Crippen molar-refractivity contribution >= 4 is 10.9 Å². The van der Waals surface area contributed by atoms with Gasteiger partial charge in [0.2, 0.25) is 0 Å². The summed E-state index contributed by atoms with van der Waals surface area (Å²) in [5.41, 5.74) is 4.28. The highest BCUT2D eigenvalue weighted by molar-refractivity contribution is 5.84. The maximum absolute atomic E-state index is 3.60. The van der Waals surface area contributed by atoms with Gasteiger partial charge in [0.15, 0.2) is 0 Å². The molecule has 2 heterocycles. The second-order valence-electron chi connectivity index (χ2n) is 6.45. The first kappa shape index (κ1) is 14.6. The summed E-state index contributed by atoms with van der Waals surface area (Å²) in [4.78, 5) is 6.28. The lowest BCUT2D eigenvalue weighted by Crippen LogP contribution is -2.36. The molecular formula is C19H28N2. The zero-order valence-electron chi connectivity index (χ0n) is 13.5. The van der Waals surface area contributed by atoms with Gasteiger partial charge in [-0.05, 0) is 49.8 Å². The number of H-pyrrole nitrogens is 1. The van der Waals surface area contributed by atoms with Gasteiger partial charge in [-0.2, -0.15) is 0 Å². The lowest BCUT2D eigenvalue weighted by Gasteiger charge is -2.32. The second-order valence-corrected chi connectivity index (χ2v) is 6.45. The number of hydrogen-bond acceptors (Lipinski definition) is 1. The summed E-state index contributed by atoms with van der Waals surface area (Å²) < 4.78 is 0. The van der Waals surface area contributed by atoms with Gasteiger partial charge in [0.25, 0.3) is 0 Å². The standard InChI is InChI=1S/C19H28N2/c1-3-15-8-7-12-21(14-15)13-11-17-16-9-5-6-10-19(16)20-18(17)4-2/h5-6,9-10,15,20H,3-4,7-8,11-14H2,1-2H3/t15-/m1/s1. The molecule has 114 valence electrons. The summed E-state index contributed by atoms with van der Waals surface area (Å²) in [6.45, 7) is 8.40. The van der Waals surface area contributed by atoms with Gasteiger partial charge in [-0.3, -0.25) is 0 Å². The Morgan fingerprint density at radius 2 is 2.10 bits per heavy atom. The number of fused-ring (bicyclic) bond motifs is 1. The molecule has 1 aliphatic heterocycles. The number of aromatic nitrogens is 1. The molecule has 1 aromatic heterocycles. The molecule has 1 saturated heterocycles. The minimum Gasteiger partial charge on any atom is -0.358 e. The Hall–Kier alpha value is -1.28. The van der Waals surface area contributed by atoms with Crippen LogP contribution >= 0.6 is 0 Å². The number of piperidine rings is 1. The average molecular weight is 284 g/mol. The van der Waals surface area contributed by atoms with E-state index in [1.54, 1.807) is 5.56 Å². The fourth-order valence-electron chi connectivity index (χ4n) is 3.80. The number of aromatic amines is 1. The fraction of sp³-hybridized carbons (Fsp3) is 0.579. The number of nitrogens with one attached hydrogen (secondary N) is 1. The van der Waals surface area contributed by atoms with Gasteiger partial charge in [0, 0.05) is 29.7 Å². The van der Waals surface area contributed by atoms with Crippen molar-refractivity contribution in [1.82, 2.24) is 9.88 Å². The monoisotopic (exact) mass is 284 g/mol. The number of aryl methyl sites for hydroxylation is 1. The van der Waals surface area contributed by atoms with Crippen LogP contribution in [0.5, 0.6) is 0 Å². The van der Waals surface area contributed by atoms with Gasteiger partial charge in [0.1, 0.15) is 0 Å².